The van der Waals surface area contributed by atoms with E-state index < -0.39 is 6.10 Å². The molecule has 0 aliphatic heterocycles. The number of carbonyl (C=O) groups excluding carboxylic acids is 1. The summed E-state index contributed by atoms with van der Waals surface area (Å²) in [6.07, 6.45) is 1.98. The van der Waals surface area contributed by atoms with Crippen LogP contribution in [0.4, 0.5) is 0 Å². The third-order valence-electron chi connectivity index (χ3n) is 3.18. The Kier molecular flexibility index (Phi) is 5.05. The Labute approximate surface area is 124 Å². The van der Waals surface area contributed by atoms with Gasteiger partial charge in [-0.3, -0.25) is 9.36 Å². The number of aromatic nitrogens is 3. The average Bonchev–Trinajstić information content (AvgIpc) is 2.93. The Hall–Kier alpha value is -2.21. The van der Waals surface area contributed by atoms with Crippen LogP contribution in [0.1, 0.15) is 19.2 Å². The van der Waals surface area contributed by atoms with Crippen molar-refractivity contribution in [2.45, 2.75) is 25.9 Å². The van der Waals surface area contributed by atoms with Gasteiger partial charge in [0, 0.05) is 32.1 Å². The summed E-state index contributed by atoms with van der Waals surface area (Å²) in [5.74, 6) is 0.735. The van der Waals surface area contributed by atoms with E-state index in [-0.39, 0.29) is 5.91 Å². The van der Waals surface area contributed by atoms with Crippen molar-refractivity contribution in [2.75, 3.05) is 13.6 Å². The molecule has 1 heterocycles. The molecule has 0 fully saturated rings. The first-order chi connectivity index (χ1) is 10.1. The minimum absolute atomic E-state index is 0.0153. The topological polar surface area (TPSA) is 71.2 Å². The molecule has 0 radical (unpaired) electrons. The van der Waals surface area contributed by atoms with E-state index in [2.05, 4.69) is 10.2 Å². The van der Waals surface area contributed by atoms with Gasteiger partial charge in [-0.25, -0.2) is 0 Å². The maximum absolute atomic E-state index is 12.0. The lowest BCUT2D eigenvalue weighted by atomic mass is 10.2. The van der Waals surface area contributed by atoms with Crippen molar-refractivity contribution in [3.63, 3.8) is 0 Å². The minimum atomic E-state index is -0.521. The standard InChI is InChI=1S/C15H20N4O2/c1-12(20)10-18(2)15(21)9-8-14-17-16-11-19(14)13-6-4-3-5-7-13/h3-7,11-12,20H,8-10H2,1-2H3. The van der Waals surface area contributed by atoms with E-state index in [4.69, 9.17) is 0 Å². The molecule has 1 aromatic carbocycles. The molecule has 0 saturated carbocycles. The normalized spacial score (nSPS) is 12.1. The predicted octanol–water partition coefficient (Wildman–Crippen LogP) is 1.04. The molecule has 0 saturated heterocycles. The Bertz CT molecular complexity index is 580. The van der Waals surface area contributed by atoms with Crippen LogP contribution in [-0.2, 0) is 11.2 Å². The maximum atomic E-state index is 12.0. The fourth-order valence-corrected chi connectivity index (χ4v) is 2.14. The molecule has 1 aromatic heterocycles. The largest absolute Gasteiger partial charge is 0.392 e. The molecule has 0 aliphatic carbocycles. The van der Waals surface area contributed by atoms with E-state index in [9.17, 15) is 9.90 Å². The molecule has 2 aromatic rings. The number of aliphatic hydroxyl groups is 1. The zero-order chi connectivity index (χ0) is 15.2. The summed E-state index contributed by atoms with van der Waals surface area (Å²) in [7, 11) is 1.69. The van der Waals surface area contributed by atoms with Crippen LogP contribution >= 0.6 is 0 Å². The van der Waals surface area contributed by atoms with Crippen molar-refractivity contribution < 1.29 is 9.90 Å². The molecular formula is C15H20N4O2. The number of hydrogen-bond donors (Lipinski definition) is 1. The van der Waals surface area contributed by atoms with Crippen molar-refractivity contribution in [1.82, 2.24) is 19.7 Å². The van der Waals surface area contributed by atoms with Crippen molar-refractivity contribution in [2.24, 2.45) is 0 Å². The second-order valence-corrected chi connectivity index (χ2v) is 5.08. The predicted molar refractivity (Wildman–Crippen MR) is 79.0 cm³/mol. The summed E-state index contributed by atoms with van der Waals surface area (Å²) in [6, 6.07) is 9.77. The van der Waals surface area contributed by atoms with Crippen LogP contribution in [0.2, 0.25) is 0 Å². The van der Waals surface area contributed by atoms with Crippen molar-refractivity contribution in [3.8, 4) is 5.69 Å². The Morgan fingerprint density at radius 3 is 2.76 bits per heavy atom. The number of para-hydroxylation sites is 1. The number of nitrogens with zero attached hydrogens (tertiary/aromatic N) is 4. The van der Waals surface area contributed by atoms with Gasteiger partial charge in [-0.1, -0.05) is 18.2 Å². The van der Waals surface area contributed by atoms with E-state index in [1.807, 2.05) is 34.9 Å². The van der Waals surface area contributed by atoms with Gasteiger partial charge in [-0.05, 0) is 19.1 Å². The summed E-state index contributed by atoms with van der Waals surface area (Å²) in [5, 5.41) is 17.3. The van der Waals surface area contributed by atoms with Gasteiger partial charge in [0.25, 0.3) is 0 Å². The molecule has 1 amide bonds. The average molecular weight is 288 g/mol. The van der Waals surface area contributed by atoms with Gasteiger partial charge in [0.2, 0.25) is 5.91 Å². The van der Waals surface area contributed by atoms with Crippen LogP contribution in [-0.4, -0.2) is 50.4 Å². The van der Waals surface area contributed by atoms with Gasteiger partial charge in [0.1, 0.15) is 12.2 Å². The molecule has 1 atom stereocenters. The van der Waals surface area contributed by atoms with E-state index >= 15 is 0 Å². The van der Waals surface area contributed by atoms with Crippen LogP contribution in [0.25, 0.3) is 5.69 Å². The summed E-state index contributed by atoms with van der Waals surface area (Å²) in [6.45, 7) is 2.00. The number of aliphatic hydroxyl groups excluding tert-OH is 1. The second kappa shape index (κ2) is 6.99. The number of likely N-dealkylation sites (N-methyl/N-ethyl adjacent to an activating group) is 1. The third kappa shape index (κ3) is 4.13. The summed E-state index contributed by atoms with van der Waals surface area (Å²) in [4.78, 5) is 13.5. The number of rotatable bonds is 6. The lowest BCUT2D eigenvalue weighted by Crippen LogP contribution is -2.33. The number of benzene rings is 1. The van der Waals surface area contributed by atoms with E-state index in [0.717, 1.165) is 11.5 Å². The molecule has 1 N–H and O–H groups in total. The highest BCUT2D eigenvalue weighted by Gasteiger charge is 2.13. The van der Waals surface area contributed by atoms with Crippen LogP contribution in [0.5, 0.6) is 0 Å². The first kappa shape index (κ1) is 15.2. The van der Waals surface area contributed by atoms with Gasteiger partial charge in [-0.15, -0.1) is 10.2 Å². The molecule has 6 heteroatoms. The first-order valence-electron chi connectivity index (χ1n) is 6.94. The highest BCUT2D eigenvalue weighted by molar-refractivity contribution is 5.76. The van der Waals surface area contributed by atoms with Crippen molar-refractivity contribution >= 4 is 5.91 Å². The van der Waals surface area contributed by atoms with Gasteiger partial charge >= 0.3 is 0 Å². The molecule has 1 unspecified atom stereocenters. The van der Waals surface area contributed by atoms with Crippen LogP contribution < -0.4 is 0 Å². The SMILES string of the molecule is CC(O)CN(C)C(=O)CCc1nncn1-c1ccccc1. The molecule has 6 nitrogen and oxygen atoms in total. The molecule has 0 aliphatic rings. The summed E-state index contributed by atoms with van der Waals surface area (Å²) in [5.41, 5.74) is 0.974. The molecular weight excluding hydrogens is 268 g/mol. The molecule has 2 rings (SSSR count). The highest BCUT2D eigenvalue weighted by atomic mass is 16.3. The summed E-state index contributed by atoms with van der Waals surface area (Å²) < 4.78 is 1.88. The summed E-state index contributed by atoms with van der Waals surface area (Å²) >= 11 is 0. The number of aryl methyl sites for hydroxylation is 1. The third-order valence-corrected chi connectivity index (χ3v) is 3.18. The number of amides is 1. The van der Waals surface area contributed by atoms with Gasteiger partial charge in [0.15, 0.2) is 0 Å². The lowest BCUT2D eigenvalue weighted by Gasteiger charge is -2.18. The zero-order valence-electron chi connectivity index (χ0n) is 12.3. The second-order valence-electron chi connectivity index (χ2n) is 5.08. The fraction of sp³-hybridized carbons (Fsp3) is 0.400. The van der Waals surface area contributed by atoms with Crippen molar-refractivity contribution in [3.05, 3.63) is 42.5 Å². The Balaban J connectivity index is 1.99. The van der Waals surface area contributed by atoms with Gasteiger partial charge in [-0.2, -0.15) is 0 Å². The fourth-order valence-electron chi connectivity index (χ4n) is 2.14. The van der Waals surface area contributed by atoms with E-state index in [1.165, 1.54) is 4.90 Å². The monoisotopic (exact) mass is 288 g/mol. The van der Waals surface area contributed by atoms with Gasteiger partial charge in [0.05, 0.1) is 6.10 Å². The zero-order valence-corrected chi connectivity index (χ0v) is 12.3. The number of carbonyl (C=O) groups is 1. The van der Waals surface area contributed by atoms with Crippen LogP contribution in [0.3, 0.4) is 0 Å². The quantitative estimate of drug-likeness (QED) is 0.862. The molecule has 0 bridgehead atoms. The lowest BCUT2D eigenvalue weighted by molar-refractivity contribution is -0.131. The smallest absolute Gasteiger partial charge is 0.222 e. The van der Waals surface area contributed by atoms with Gasteiger partial charge < -0.3 is 10.0 Å². The highest BCUT2D eigenvalue weighted by Crippen LogP contribution is 2.10. The molecule has 0 spiro atoms. The van der Waals surface area contributed by atoms with Crippen LogP contribution in [0.15, 0.2) is 36.7 Å². The van der Waals surface area contributed by atoms with E-state index in [0.29, 0.717) is 19.4 Å². The first-order valence-corrected chi connectivity index (χ1v) is 6.94. The Morgan fingerprint density at radius 2 is 2.10 bits per heavy atom. The van der Waals surface area contributed by atoms with E-state index in [1.54, 1.807) is 20.3 Å². The van der Waals surface area contributed by atoms with Crippen molar-refractivity contribution in [1.29, 1.82) is 0 Å². The molecule has 21 heavy (non-hydrogen) atoms. The van der Waals surface area contributed by atoms with Crippen LogP contribution in [0, 0.1) is 0 Å². The number of hydrogen-bond acceptors (Lipinski definition) is 4. The maximum Gasteiger partial charge on any atom is 0.222 e. The molecule has 112 valence electrons. The minimum Gasteiger partial charge on any atom is -0.392 e. The Morgan fingerprint density at radius 1 is 1.38 bits per heavy atom.